The maximum Gasteiger partial charge on any atom is 0.343 e. The first kappa shape index (κ1) is 25.0. The number of carboxylic acid groups (broad SMARTS) is 1. The summed E-state index contributed by atoms with van der Waals surface area (Å²) >= 11 is 12.0. The van der Waals surface area contributed by atoms with Crippen LogP contribution in [0.5, 0.6) is 11.5 Å². The molecule has 2 rings (SSSR count). The fourth-order valence-electron chi connectivity index (χ4n) is 3.05. The molecule has 0 saturated heterocycles. The third-order valence-corrected chi connectivity index (χ3v) is 5.36. The molecule has 168 valence electrons. The van der Waals surface area contributed by atoms with Crippen LogP contribution in [0.4, 0.5) is 0 Å². The van der Waals surface area contributed by atoms with Crippen LogP contribution >= 0.6 is 23.2 Å². The monoisotopic (exact) mass is 466 g/mol. The zero-order chi connectivity index (χ0) is 22.6. The molecule has 0 aliphatic heterocycles. The van der Waals surface area contributed by atoms with Gasteiger partial charge < -0.3 is 14.6 Å². The van der Waals surface area contributed by atoms with Crippen molar-refractivity contribution in [3.63, 3.8) is 0 Å². The van der Waals surface area contributed by atoms with Crippen LogP contribution in [0, 0.1) is 0 Å². The van der Waals surface area contributed by atoms with Gasteiger partial charge in [-0.05, 0) is 42.8 Å². The van der Waals surface area contributed by atoms with Crippen molar-refractivity contribution in [2.24, 2.45) is 0 Å². The van der Waals surface area contributed by atoms with Crippen LogP contribution in [0.2, 0.25) is 10.0 Å². The van der Waals surface area contributed by atoms with Gasteiger partial charge in [0.25, 0.3) is 0 Å². The van der Waals surface area contributed by atoms with E-state index in [0.717, 1.165) is 12.8 Å². The second-order valence-electron chi connectivity index (χ2n) is 7.31. The van der Waals surface area contributed by atoms with Crippen molar-refractivity contribution in [2.75, 3.05) is 6.61 Å². The van der Waals surface area contributed by atoms with E-state index in [1.54, 1.807) is 24.3 Å². The largest absolute Gasteiger partial charge is 0.494 e. The van der Waals surface area contributed by atoms with Gasteiger partial charge in [0.2, 0.25) is 0 Å². The summed E-state index contributed by atoms with van der Waals surface area (Å²) in [5, 5.41) is 8.91. The van der Waals surface area contributed by atoms with Gasteiger partial charge in [-0.25, -0.2) is 9.59 Å². The Morgan fingerprint density at radius 2 is 1.39 bits per heavy atom. The first-order chi connectivity index (χ1) is 14.9. The fourth-order valence-corrected chi connectivity index (χ4v) is 3.61. The summed E-state index contributed by atoms with van der Waals surface area (Å²) in [7, 11) is 0. The number of esters is 1. The first-order valence-electron chi connectivity index (χ1n) is 10.6. The molecule has 0 amide bonds. The number of rotatable bonds is 13. The van der Waals surface area contributed by atoms with Gasteiger partial charge >= 0.3 is 11.9 Å². The average Bonchev–Trinajstić information content (AvgIpc) is 2.75. The van der Waals surface area contributed by atoms with E-state index in [9.17, 15) is 9.59 Å². The fraction of sp³-hybridized carbons (Fsp3) is 0.417. The summed E-state index contributed by atoms with van der Waals surface area (Å²) in [4.78, 5) is 23.4. The molecule has 1 N–H and O–H groups in total. The number of ether oxygens (including phenoxy) is 2. The molecule has 0 atom stereocenters. The highest BCUT2D eigenvalue weighted by Gasteiger charge is 2.17. The van der Waals surface area contributed by atoms with Gasteiger partial charge in [0.05, 0.1) is 27.8 Å². The molecule has 0 aliphatic carbocycles. The molecule has 0 aromatic heterocycles. The normalized spacial score (nSPS) is 10.7. The summed E-state index contributed by atoms with van der Waals surface area (Å²) in [5.74, 6) is -1.22. The Labute approximate surface area is 193 Å². The van der Waals surface area contributed by atoms with Gasteiger partial charge in [0.15, 0.2) is 5.75 Å². The number of benzene rings is 2. The van der Waals surface area contributed by atoms with Crippen molar-refractivity contribution in [1.82, 2.24) is 0 Å². The van der Waals surface area contributed by atoms with E-state index in [4.69, 9.17) is 37.8 Å². The second-order valence-corrected chi connectivity index (χ2v) is 8.13. The van der Waals surface area contributed by atoms with Crippen molar-refractivity contribution < 1.29 is 24.2 Å². The SMILES string of the molecule is CCCCCCCCCCOc1ccc(C(=O)Oc2c(Cl)cc(C(=O)O)cc2Cl)cc1. The van der Waals surface area contributed by atoms with Crippen molar-refractivity contribution in [2.45, 2.75) is 58.3 Å². The Balaban J connectivity index is 1.79. The van der Waals surface area contributed by atoms with Crippen LogP contribution in [-0.2, 0) is 0 Å². The summed E-state index contributed by atoms with van der Waals surface area (Å²) in [6.45, 7) is 2.86. The van der Waals surface area contributed by atoms with Crippen LogP contribution in [0.3, 0.4) is 0 Å². The lowest BCUT2D eigenvalue weighted by Crippen LogP contribution is -2.10. The maximum atomic E-state index is 12.4. The summed E-state index contributed by atoms with van der Waals surface area (Å²) in [5.41, 5.74) is 0.210. The maximum absolute atomic E-state index is 12.4. The number of unbranched alkanes of at least 4 members (excludes halogenated alkanes) is 7. The molecule has 0 spiro atoms. The lowest BCUT2D eigenvalue weighted by atomic mass is 10.1. The molecule has 5 nitrogen and oxygen atoms in total. The molecule has 31 heavy (non-hydrogen) atoms. The lowest BCUT2D eigenvalue weighted by Gasteiger charge is -2.10. The summed E-state index contributed by atoms with van der Waals surface area (Å²) in [6.07, 6.45) is 9.90. The molecule has 0 bridgehead atoms. The Morgan fingerprint density at radius 1 is 0.839 bits per heavy atom. The Kier molecular flexibility index (Phi) is 10.7. The first-order valence-corrected chi connectivity index (χ1v) is 11.3. The molecule has 0 radical (unpaired) electrons. The van der Waals surface area contributed by atoms with E-state index in [1.165, 1.54) is 50.7 Å². The zero-order valence-electron chi connectivity index (χ0n) is 17.7. The van der Waals surface area contributed by atoms with E-state index in [1.807, 2.05) is 0 Å². The van der Waals surface area contributed by atoms with Gasteiger partial charge in [-0.15, -0.1) is 0 Å². The number of hydrogen-bond acceptors (Lipinski definition) is 4. The Hall–Kier alpha value is -2.24. The van der Waals surface area contributed by atoms with E-state index in [-0.39, 0.29) is 21.4 Å². The molecule has 0 saturated carbocycles. The van der Waals surface area contributed by atoms with Crippen molar-refractivity contribution >= 4 is 35.1 Å². The predicted molar refractivity (Wildman–Crippen MR) is 123 cm³/mol. The molecule has 0 aliphatic rings. The number of carboxylic acids is 1. The lowest BCUT2D eigenvalue weighted by molar-refractivity contribution is 0.0696. The van der Waals surface area contributed by atoms with E-state index in [2.05, 4.69) is 6.92 Å². The number of carbonyl (C=O) groups excluding carboxylic acids is 1. The number of aromatic carboxylic acids is 1. The smallest absolute Gasteiger partial charge is 0.343 e. The molecule has 0 unspecified atom stereocenters. The van der Waals surface area contributed by atoms with E-state index in [0.29, 0.717) is 17.9 Å². The van der Waals surface area contributed by atoms with Crippen LogP contribution < -0.4 is 9.47 Å². The van der Waals surface area contributed by atoms with Gasteiger partial charge in [-0.3, -0.25) is 0 Å². The quantitative estimate of drug-likeness (QED) is 0.188. The average molecular weight is 467 g/mol. The number of hydrogen-bond donors (Lipinski definition) is 1. The van der Waals surface area contributed by atoms with Gasteiger partial charge in [-0.1, -0.05) is 75.1 Å². The predicted octanol–water partition coefficient (Wildman–Crippen LogP) is 7.43. The van der Waals surface area contributed by atoms with E-state index < -0.39 is 11.9 Å². The minimum atomic E-state index is -1.18. The van der Waals surface area contributed by atoms with Crippen molar-refractivity contribution in [3.05, 3.63) is 57.6 Å². The Morgan fingerprint density at radius 3 is 1.94 bits per heavy atom. The third-order valence-electron chi connectivity index (χ3n) is 4.80. The highest BCUT2D eigenvalue weighted by atomic mass is 35.5. The molecule has 0 heterocycles. The second kappa shape index (κ2) is 13.2. The molecule has 0 fully saturated rings. The van der Waals surface area contributed by atoms with Crippen LogP contribution in [0.25, 0.3) is 0 Å². The third kappa shape index (κ3) is 8.42. The topological polar surface area (TPSA) is 72.8 Å². The van der Waals surface area contributed by atoms with E-state index >= 15 is 0 Å². The van der Waals surface area contributed by atoms with Crippen molar-refractivity contribution in [3.8, 4) is 11.5 Å². The van der Waals surface area contributed by atoms with Crippen molar-refractivity contribution in [1.29, 1.82) is 0 Å². The van der Waals surface area contributed by atoms with Gasteiger partial charge in [0.1, 0.15) is 5.75 Å². The van der Waals surface area contributed by atoms with Crippen LogP contribution in [0.1, 0.15) is 79.0 Å². The molecular formula is C24H28Cl2O5. The molecule has 7 heteroatoms. The van der Waals surface area contributed by atoms with Crippen LogP contribution in [-0.4, -0.2) is 23.7 Å². The molecular weight excluding hydrogens is 439 g/mol. The highest BCUT2D eigenvalue weighted by Crippen LogP contribution is 2.35. The Bertz CT molecular complexity index is 842. The minimum absolute atomic E-state index is 0.0523. The summed E-state index contributed by atoms with van der Waals surface area (Å²) in [6, 6.07) is 8.97. The van der Waals surface area contributed by atoms with Gasteiger partial charge in [-0.2, -0.15) is 0 Å². The van der Waals surface area contributed by atoms with Gasteiger partial charge in [0, 0.05) is 0 Å². The van der Waals surface area contributed by atoms with Crippen LogP contribution in [0.15, 0.2) is 36.4 Å². The standard InChI is InChI=1S/C24H28Cl2O5/c1-2-3-4-5-6-7-8-9-14-30-19-12-10-17(11-13-19)24(29)31-22-20(25)15-18(23(27)28)16-21(22)26/h10-13,15-16H,2-9,14H2,1H3,(H,27,28). The minimum Gasteiger partial charge on any atom is -0.494 e. The number of halogens is 2. The number of carbonyl (C=O) groups is 2. The molecule has 2 aromatic carbocycles. The molecule has 2 aromatic rings. The zero-order valence-corrected chi connectivity index (χ0v) is 19.2. The highest BCUT2D eigenvalue weighted by molar-refractivity contribution is 6.38. The summed E-state index contributed by atoms with van der Waals surface area (Å²) < 4.78 is 11.0.